The second-order valence-corrected chi connectivity index (χ2v) is 8.03. The monoisotopic (exact) mass is 405 g/mol. The Morgan fingerprint density at radius 3 is 2.89 bits per heavy atom. The lowest BCUT2D eigenvalue weighted by Gasteiger charge is -2.26. The molecule has 1 saturated heterocycles. The van der Waals surface area contributed by atoms with E-state index in [1.54, 1.807) is 27.9 Å². The summed E-state index contributed by atoms with van der Waals surface area (Å²) in [7, 11) is 0. The van der Waals surface area contributed by atoms with Crippen LogP contribution in [-0.4, -0.2) is 58.9 Å². The van der Waals surface area contributed by atoms with E-state index in [4.69, 9.17) is 4.74 Å². The summed E-state index contributed by atoms with van der Waals surface area (Å²) in [6.07, 6.45) is -0.365. The Bertz CT molecular complexity index is 813. The fraction of sp³-hybridized carbons (Fsp3) is 0.450. The first-order valence-electron chi connectivity index (χ1n) is 9.23. The van der Waals surface area contributed by atoms with E-state index >= 15 is 0 Å². The second-order valence-electron chi connectivity index (χ2n) is 7.31. The first kappa shape index (κ1) is 20.4. The lowest BCUT2D eigenvalue weighted by Crippen LogP contribution is -2.40. The number of thiazole rings is 1. The van der Waals surface area contributed by atoms with Crippen LogP contribution in [0.5, 0.6) is 0 Å². The van der Waals surface area contributed by atoms with Crippen LogP contribution in [-0.2, 0) is 16.1 Å². The molecular formula is C20H24FN3O3S. The van der Waals surface area contributed by atoms with Crippen LogP contribution in [0.4, 0.5) is 4.39 Å². The molecule has 0 aliphatic carbocycles. The number of carbonyl (C=O) groups excluding carboxylic acids is 2. The molecule has 1 aromatic carbocycles. The van der Waals surface area contributed by atoms with Crippen LogP contribution in [0.2, 0.25) is 0 Å². The molecule has 0 saturated carbocycles. The zero-order chi connectivity index (χ0) is 20.1. The Balaban J connectivity index is 1.75. The molecule has 1 aromatic heterocycles. The molecule has 3 rings (SSSR count). The van der Waals surface area contributed by atoms with Crippen molar-refractivity contribution in [3.05, 3.63) is 52.2 Å². The van der Waals surface area contributed by atoms with Gasteiger partial charge in [0.25, 0.3) is 5.91 Å². The van der Waals surface area contributed by atoms with Gasteiger partial charge >= 0.3 is 0 Å². The van der Waals surface area contributed by atoms with E-state index in [9.17, 15) is 14.0 Å². The van der Waals surface area contributed by atoms with Crippen LogP contribution < -0.4 is 0 Å². The van der Waals surface area contributed by atoms with Crippen molar-refractivity contribution in [2.75, 3.05) is 26.2 Å². The Morgan fingerprint density at radius 1 is 1.39 bits per heavy atom. The number of rotatable bonds is 6. The highest BCUT2D eigenvalue weighted by atomic mass is 32.1. The minimum atomic E-state index is -0.365. The number of ether oxygens (including phenoxy) is 1. The third-order valence-electron chi connectivity index (χ3n) is 4.43. The Hall–Kier alpha value is -2.32. The highest BCUT2D eigenvalue weighted by Gasteiger charge is 2.32. The molecule has 6 nitrogen and oxygen atoms in total. The number of hydrogen-bond donors (Lipinski definition) is 0. The first-order valence-corrected chi connectivity index (χ1v) is 10.2. The van der Waals surface area contributed by atoms with Gasteiger partial charge in [0.1, 0.15) is 18.1 Å². The van der Waals surface area contributed by atoms with Gasteiger partial charge in [-0.2, -0.15) is 0 Å². The summed E-state index contributed by atoms with van der Waals surface area (Å²) in [6, 6.07) is 6.22. The number of aromatic nitrogens is 1. The molecule has 0 spiro atoms. The van der Waals surface area contributed by atoms with Crippen molar-refractivity contribution in [2.45, 2.75) is 26.6 Å². The van der Waals surface area contributed by atoms with E-state index in [2.05, 4.69) is 4.98 Å². The predicted molar refractivity (Wildman–Crippen MR) is 104 cm³/mol. The van der Waals surface area contributed by atoms with Gasteiger partial charge in [0.05, 0.1) is 18.2 Å². The molecule has 28 heavy (non-hydrogen) atoms. The first-order chi connectivity index (χ1) is 13.4. The maximum atomic E-state index is 13.4. The van der Waals surface area contributed by atoms with Crippen molar-refractivity contribution in [3.8, 4) is 0 Å². The van der Waals surface area contributed by atoms with Crippen molar-refractivity contribution >= 4 is 23.2 Å². The molecule has 1 aliphatic heterocycles. The number of carbonyl (C=O) groups is 2. The van der Waals surface area contributed by atoms with Gasteiger partial charge in [-0.3, -0.25) is 9.59 Å². The summed E-state index contributed by atoms with van der Waals surface area (Å²) in [4.78, 5) is 32.8. The van der Waals surface area contributed by atoms with Crippen LogP contribution in [0.3, 0.4) is 0 Å². The van der Waals surface area contributed by atoms with Crippen LogP contribution in [0.25, 0.3) is 0 Å². The smallest absolute Gasteiger partial charge is 0.273 e. The maximum Gasteiger partial charge on any atom is 0.273 e. The molecule has 8 heteroatoms. The van der Waals surface area contributed by atoms with E-state index in [0.29, 0.717) is 30.3 Å². The quantitative estimate of drug-likeness (QED) is 0.741. The molecule has 1 fully saturated rings. The summed E-state index contributed by atoms with van der Waals surface area (Å²) in [5.41, 5.74) is 2.64. The van der Waals surface area contributed by atoms with Crippen LogP contribution in [0.15, 0.2) is 35.2 Å². The molecule has 0 N–H and O–H groups in total. The highest BCUT2D eigenvalue weighted by Crippen LogP contribution is 2.16. The van der Waals surface area contributed by atoms with Gasteiger partial charge in [0.15, 0.2) is 0 Å². The van der Waals surface area contributed by atoms with E-state index < -0.39 is 0 Å². The zero-order valence-corrected chi connectivity index (χ0v) is 16.8. The normalized spacial score (nSPS) is 17.9. The van der Waals surface area contributed by atoms with Gasteiger partial charge in [-0.25, -0.2) is 9.37 Å². The molecule has 150 valence electrons. The van der Waals surface area contributed by atoms with E-state index in [1.165, 1.54) is 28.4 Å². The molecule has 2 aromatic rings. The SMILES string of the molecule is CC(C)CN1C[C@H](OCc2cccc(F)c2)CN(C(=O)c2cscn2)CC1=O. The second kappa shape index (κ2) is 9.25. The van der Waals surface area contributed by atoms with Crippen molar-refractivity contribution in [1.82, 2.24) is 14.8 Å². The summed E-state index contributed by atoms with van der Waals surface area (Å²) < 4.78 is 19.4. The minimum absolute atomic E-state index is 0.00288. The fourth-order valence-electron chi connectivity index (χ4n) is 3.18. The summed E-state index contributed by atoms with van der Waals surface area (Å²) in [5, 5.41) is 1.67. The highest BCUT2D eigenvalue weighted by molar-refractivity contribution is 7.07. The molecule has 0 bridgehead atoms. The van der Waals surface area contributed by atoms with Crippen LogP contribution >= 0.6 is 11.3 Å². The third-order valence-corrected chi connectivity index (χ3v) is 5.01. The maximum absolute atomic E-state index is 13.4. The topological polar surface area (TPSA) is 62.7 Å². The number of hydrogen-bond acceptors (Lipinski definition) is 5. The molecule has 1 atom stereocenters. The Kier molecular flexibility index (Phi) is 6.74. The summed E-state index contributed by atoms with van der Waals surface area (Å²) in [5.74, 6) is -0.401. The van der Waals surface area contributed by atoms with Crippen LogP contribution in [0, 0.1) is 11.7 Å². The van der Waals surface area contributed by atoms with Crippen LogP contribution in [0.1, 0.15) is 29.9 Å². The summed E-state index contributed by atoms with van der Waals surface area (Å²) >= 11 is 1.34. The van der Waals surface area contributed by atoms with Crippen molar-refractivity contribution in [3.63, 3.8) is 0 Å². The van der Waals surface area contributed by atoms with Gasteiger partial charge in [0.2, 0.25) is 5.91 Å². The molecule has 2 amide bonds. The van der Waals surface area contributed by atoms with E-state index in [-0.39, 0.29) is 43.4 Å². The molecule has 0 radical (unpaired) electrons. The third kappa shape index (κ3) is 5.36. The minimum Gasteiger partial charge on any atom is -0.370 e. The Labute approximate surface area is 167 Å². The molecule has 2 heterocycles. The number of nitrogens with zero attached hydrogens (tertiary/aromatic N) is 3. The predicted octanol–water partition coefficient (Wildman–Crippen LogP) is 2.81. The molecule has 0 unspecified atom stereocenters. The number of benzene rings is 1. The van der Waals surface area contributed by atoms with E-state index in [1.807, 2.05) is 13.8 Å². The lowest BCUT2D eigenvalue weighted by molar-refractivity contribution is -0.132. The molecular weight excluding hydrogens is 381 g/mol. The van der Waals surface area contributed by atoms with Gasteiger partial charge in [-0.05, 0) is 23.6 Å². The van der Waals surface area contributed by atoms with Gasteiger partial charge < -0.3 is 14.5 Å². The number of halogens is 1. The van der Waals surface area contributed by atoms with Crippen molar-refractivity contribution in [2.24, 2.45) is 5.92 Å². The molecule has 1 aliphatic rings. The van der Waals surface area contributed by atoms with Gasteiger partial charge in [-0.15, -0.1) is 11.3 Å². The average molecular weight is 405 g/mol. The lowest BCUT2D eigenvalue weighted by atomic mass is 10.2. The average Bonchev–Trinajstić information content (AvgIpc) is 3.13. The fourth-order valence-corrected chi connectivity index (χ4v) is 3.70. The number of amides is 2. The summed E-state index contributed by atoms with van der Waals surface area (Å²) in [6.45, 7) is 5.57. The largest absolute Gasteiger partial charge is 0.370 e. The zero-order valence-electron chi connectivity index (χ0n) is 16.0. The standard InChI is InChI=1S/C20H24FN3O3S/c1-14(2)7-23-8-17(27-11-15-4-3-5-16(21)6-15)9-24(10-19(23)25)20(26)18-12-28-13-22-18/h3-6,12-14,17H,7-11H2,1-2H3/t17-/m0/s1. The Morgan fingerprint density at radius 2 is 2.21 bits per heavy atom. The van der Waals surface area contributed by atoms with E-state index in [0.717, 1.165) is 0 Å². The van der Waals surface area contributed by atoms with Crippen molar-refractivity contribution in [1.29, 1.82) is 0 Å². The van der Waals surface area contributed by atoms with Gasteiger partial charge in [-0.1, -0.05) is 26.0 Å². The van der Waals surface area contributed by atoms with Crippen molar-refractivity contribution < 1.29 is 18.7 Å². The van der Waals surface area contributed by atoms with Gasteiger partial charge in [0, 0.05) is 25.0 Å².